The lowest BCUT2D eigenvalue weighted by molar-refractivity contribution is -0.124. The van der Waals surface area contributed by atoms with E-state index in [2.05, 4.69) is 16.7 Å². The molecule has 0 unspecified atom stereocenters. The lowest BCUT2D eigenvalue weighted by Crippen LogP contribution is -2.64. The number of carbonyl (C=O) groups excluding carboxylic acids is 1. The number of thiocarbonyl (C=S) groups is 1. The highest BCUT2D eigenvalue weighted by Crippen LogP contribution is 2.37. The molecular formula is C9H11N3OS. The highest BCUT2D eigenvalue weighted by atomic mass is 32.1. The number of amides is 1. The molecule has 1 saturated heterocycles. The highest BCUT2D eigenvalue weighted by Gasteiger charge is 2.48. The van der Waals surface area contributed by atoms with Crippen LogP contribution in [0.5, 0.6) is 0 Å². The first kappa shape index (κ1) is 9.41. The van der Waals surface area contributed by atoms with Crippen LogP contribution >= 0.6 is 12.2 Å². The maximum absolute atomic E-state index is 11.5. The topological polar surface area (TPSA) is 64.9 Å². The predicted molar refractivity (Wildman–Crippen MR) is 54.2 cm³/mol. The van der Waals surface area contributed by atoms with Gasteiger partial charge in [-0.05, 0) is 25.1 Å². The van der Waals surface area contributed by atoms with Crippen LogP contribution in [0.1, 0.15) is 25.7 Å². The molecule has 2 aliphatic rings. The van der Waals surface area contributed by atoms with Crippen LogP contribution in [0.2, 0.25) is 0 Å². The van der Waals surface area contributed by atoms with Gasteiger partial charge < -0.3 is 10.6 Å². The Morgan fingerprint density at radius 3 is 2.71 bits per heavy atom. The van der Waals surface area contributed by atoms with Crippen molar-refractivity contribution in [3.8, 4) is 6.07 Å². The minimum absolute atomic E-state index is 0.252. The first-order chi connectivity index (χ1) is 6.68. The number of nitrogens with zero attached hydrogens (tertiary/aromatic N) is 1. The average Bonchev–Trinajstić information content (AvgIpc) is 2.53. The Labute approximate surface area is 87.7 Å². The Morgan fingerprint density at radius 2 is 2.14 bits per heavy atom. The Morgan fingerprint density at radius 1 is 1.50 bits per heavy atom. The van der Waals surface area contributed by atoms with Gasteiger partial charge in [-0.25, -0.2) is 0 Å². The van der Waals surface area contributed by atoms with E-state index in [1.54, 1.807) is 0 Å². The summed E-state index contributed by atoms with van der Waals surface area (Å²) < 4.78 is 0. The number of rotatable bonds is 0. The van der Waals surface area contributed by atoms with Gasteiger partial charge in [-0.2, -0.15) is 5.26 Å². The lowest BCUT2D eigenvalue weighted by atomic mass is 9.81. The summed E-state index contributed by atoms with van der Waals surface area (Å²) in [7, 11) is 0. The fourth-order valence-electron chi connectivity index (χ4n) is 2.37. The Bertz CT molecular complexity index is 327. The molecule has 0 radical (unpaired) electrons. The quantitative estimate of drug-likeness (QED) is 0.568. The van der Waals surface area contributed by atoms with Gasteiger partial charge >= 0.3 is 0 Å². The summed E-state index contributed by atoms with van der Waals surface area (Å²) in [5.74, 6) is -0.852. The summed E-state index contributed by atoms with van der Waals surface area (Å²) in [4.78, 5) is 11.5. The van der Waals surface area contributed by atoms with Crippen molar-refractivity contribution in [1.82, 2.24) is 10.6 Å². The molecule has 1 aliphatic heterocycles. The number of nitrogens with one attached hydrogen (secondary N) is 2. The van der Waals surface area contributed by atoms with E-state index < -0.39 is 5.92 Å². The standard InChI is InChI=1S/C9H11N3OS/c10-5-6-7(13)11-8(14)12-9(6)3-1-2-4-9/h6H,1-4H2,(H2,11,12,13,14)/t6-/m1/s1. The van der Waals surface area contributed by atoms with E-state index in [0.29, 0.717) is 5.11 Å². The Kier molecular flexibility index (Phi) is 2.16. The van der Waals surface area contributed by atoms with Gasteiger partial charge in [-0.1, -0.05) is 12.8 Å². The van der Waals surface area contributed by atoms with E-state index in [1.165, 1.54) is 0 Å². The molecule has 0 bridgehead atoms. The molecule has 1 heterocycles. The van der Waals surface area contributed by atoms with Crippen molar-refractivity contribution in [2.45, 2.75) is 31.2 Å². The van der Waals surface area contributed by atoms with Gasteiger partial charge in [-0.15, -0.1) is 0 Å². The van der Waals surface area contributed by atoms with E-state index in [1.807, 2.05) is 0 Å². The van der Waals surface area contributed by atoms with Crippen LogP contribution < -0.4 is 10.6 Å². The normalized spacial score (nSPS) is 29.5. The van der Waals surface area contributed by atoms with E-state index >= 15 is 0 Å². The molecule has 0 aromatic heterocycles. The van der Waals surface area contributed by atoms with Crippen molar-refractivity contribution in [1.29, 1.82) is 5.26 Å². The van der Waals surface area contributed by atoms with Crippen LogP contribution in [0.4, 0.5) is 0 Å². The number of hydrogen-bond acceptors (Lipinski definition) is 3. The van der Waals surface area contributed by atoms with Crippen LogP contribution in [0.25, 0.3) is 0 Å². The van der Waals surface area contributed by atoms with Gasteiger partial charge in [0.2, 0.25) is 5.91 Å². The third-order valence-corrected chi connectivity index (χ3v) is 3.24. The molecule has 14 heavy (non-hydrogen) atoms. The van der Waals surface area contributed by atoms with E-state index in [-0.39, 0.29) is 11.4 Å². The SMILES string of the molecule is N#C[C@@H]1C(=O)NC(=S)NC12CCCC2. The van der Waals surface area contributed by atoms with E-state index in [0.717, 1.165) is 25.7 Å². The molecule has 2 rings (SSSR count). The second-order valence-electron chi connectivity index (χ2n) is 3.87. The summed E-state index contributed by atoms with van der Waals surface area (Å²) in [6, 6.07) is 2.07. The highest BCUT2D eigenvalue weighted by molar-refractivity contribution is 7.80. The molecule has 1 spiro atoms. The first-order valence-electron chi connectivity index (χ1n) is 4.70. The third kappa shape index (κ3) is 1.26. The summed E-state index contributed by atoms with van der Waals surface area (Å²) in [5.41, 5.74) is -0.381. The molecule has 5 heteroatoms. The molecule has 0 aromatic rings. The zero-order valence-corrected chi connectivity index (χ0v) is 8.49. The van der Waals surface area contributed by atoms with Gasteiger partial charge in [0, 0.05) is 0 Å². The van der Waals surface area contributed by atoms with Gasteiger partial charge in [0.15, 0.2) is 5.11 Å². The molecule has 74 valence electrons. The van der Waals surface area contributed by atoms with Crippen LogP contribution in [-0.4, -0.2) is 16.6 Å². The van der Waals surface area contributed by atoms with E-state index in [9.17, 15) is 4.79 Å². The summed E-state index contributed by atoms with van der Waals surface area (Å²) in [6.45, 7) is 0. The largest absolute Gasteiger partial charge is 0.355 e. The smallest absolute Gasteiger partial charge is 0.245 e. The molecule has 0 aromatic carbocycles. The zero-order valence-electron chi connectivity index (χ0n) is 7.67. The third-order valence-electron chi connectivity index (χ3n) is 3.04. The minimum atomic E-state index is -0.600. The second kappa shape index (κ2) is 3.21. The molecule has 2 N–H and O–H groups in total. The van der Waals surface area contributed by atoms with E-state index in [4.69, 9.17) is 17.5 Å². The fraction of sp³-hybridized carbons (Fsp3) is 0.667. The lowest BCUT2D eigenvalue weighted by Gasteiger charge is -2.38. The second-order valence-corrected chi connectivity index (χ2v) is 4.28. The molecule has 2 fully saturated rings. The van der Waals surface area contributed by atoms with Crippen molar-refractivity contribution < 1.29 is 4.79 Å². The summed E-state index contributed by atoms with van der Waals surface area (Å²) in [5, 5.41) is 14.9. The molecular weight excluding hydrogens is 198 g/mol. The fourth-order valence-corrected chi connectivity index (χ4v) is 2.67. The molecule has 1 atom stereocenters. The molecule has 1 saturated carbocycles. The van der Waals surface area contributed by atoms with Crippen molar-refractivity contribution in [3.05, 3.63) is 0 Å². The molecule has 4 nitrogen and oxygen atoms in total. The van der Waals surface area contributed by atoms with Gasteiger partial charge in [-0.3, -0.25) is 4.79 Å². The van der Waals surface area contributed by atoms with Crippen molar-refractivity contribution in [2.75, 3.05) is 0 Å². The maximum Gasteiger partial charge on any atom is 0.245 e. The van der Waals surface area contributed by atoms with Crippen LogP contribution in [0.15, 0.2) is 0 Å². The van der Waals surface area contributed by atoms with Gasteiger partial charge in [0.1, 0.15) is 5.92 Å². The number of hydrogen-bond donors (Lipinski definition) is 2. The summed E-state index contributed by atoms with van der Waals surface area (Å²) >= 11 is 4.94. The van der Waals surface area contributed by atoms with Crippen molar-refractivity contribution in [3.63, 3.8) is 0 Å². The van der Waals surface area contributed by atoms with Gasteiger partial charge in [0.05, 0.1) is 11.6 Å². The van der Waals surface area contributed by atoms with Crippen LogP contribution in [0.3, 0.4) is 0 Å². The number of carbonyl (C=O) groups is 1. The predicted octanol–water partition coefficient (Wildman–Crippen LogP) is 0.443. The Hall–Kier alpha value is -1.15. The first-order valence-corrected chi connectivity index (χ1v) is 5.11. The number of nitriles is 1. The maximum atomic E-state index is 11.5. The van der Waals surface area contributed by atoms with Crippen molar-refractivity contribution >= 4 is 23.2 Å². The van der Waals surface area contributed by atoms with Gasteiger partial charge in [0.25, 0.3) is 0 Å². The molecule has 1 amide bonds. The average molecular weight is 209 g/mol. The summed E-state index contributed by atoms with van der Waals surface area (Å²) in [6.07, 6.45) is 3.83. The Balaban J connectivity index is 2.32. The van der Waals surface area contributed by atoms with Crippen LogP contribution in [0, 0.1) is 17.2 Å². The van der Waals surface area contributed by atoms with Crippen molar-refractivity contribution in [2.24, 2.45) is 5.92 Å². The monoisotopic (exact) mass is 209 g/mol. The minimum Gasteiger partial charge on any atom is -0.355 e. The molecule has 1 aliphatic carbocycles. The van der Waals surface area contributed by atoms with Crippen LogP contribution in [-0.2, 0) is 4.79 Å². The zero-order chi connectivity index (χ0) is 10.2.